The minimum absolute atomic E-state index is 0.124. The highest BCUT2D eigenvalue weighted by molar-refractivity contribution is 6.16. The first-order valence-corrected chi connectivity index (χ1v) is 9.77. The Morgan fingerprint density at radius 1 is 0.926 bits per heavy atom. The molecule has 2 aromatic heterocycles. The summed E-state index contributed by atoms with van der Waals surface area (Å²) < 4.78 is 6.52. The smallest absolute Gasteiger partial charge is 0.142 e. The van der Waals surface area contributed by atoms with Crippen molar-refractivity contribution in [3.8, 4) is 11.3 Å². The normalized spacial score (nSPS) is 14.9. The molecule has 0 unspecified atom stereocenters. The van der Waals surface area contributed by atoms with Crippen molar-refractivity contribution >= 4 is 21.9 Å². The fourth-order valence-corrected chi connectivity index (χ4v) is 4.72. The lowest BCUT2D eigenvalue weighted by atomic mass is 9.75. The highest BCUT2D eigenvalue weighted by Gasteiger charge is 2.35. The minimum atomic E-state index is -0.124. The first-order chi connectivity index (χ1) is 12.8. The lowest BCUT2D eigenvalue weighted by Gasteiger charge is -2.28. The number of hydrogen-bond acceptors (Lipinski definition) is 2. The standard InChI is InChI=1S/C25H25NO/c1-13(2)16-9-10-18-20-21-22(26-12-15(4)23(21)27-24(16)20)17-8-7-14(3)11-19(17)25(18,5)6/h7-13H,1-6H3. The van der Waals surface area contributed by atoms with Crippen molar-refractivity contribution in [1.29, 1.82) is 0 Å². The molecule has 27 heavy (non-hydrogen) atoms. The number of hydrogen-bond donors (Lipinski definition) is 0. The topological polar surface area (TPSA) is 26.0 Å². The summed E-state index contributed by atoms with van der Waals surface area (Å²) in [5.74, 6) is 0.410. The van der Waals surface area contributed by atoms with Gasteiger partial charge in [0.1, 0.15) is 11.2 Å². The maximum atomic E-state index is 6.52. The predicted molar refractivity (Wildman–Crippen MR) is 113 cm³/mol. The van der Waals surface area contributed by atoms with E-state index in [4.69, 9.17) is 9.40 Å². The van der Waals surface area contributed by atoms with Crippen LogP contribution in [-0.4, -0.2) is 4.98 Å². The quantitative estimate of drug-likeness (QED) is 0.366. The van der Waals surface area contributed by atoms with Gasteiger partial charge in [0.25, 0.3) is 0 Å². The van der Waals surface area contributed by atoms with Crippen LogP contribution >= 0.6 is 0 Å². The molecule has 0 saturated carbocycles. The van der Waals surface area contributed by atoms with Crippen LogP contribution in [0.4, 0.5) is 0 Å². The Morgan fingerprint density at radius 2 is 1.70 bits per heavy atom. The van der Waals surface area contributed by atoms with Gasteiger partial charge < -0.3 is 4.42 Å². The molecule has 0 bridgehead atoms. The lowest BCUT2D eigenvalue weighted by molar-refractivity contribution is 0.636. The Morgan fingerprint density at radius 3 is 2.44 bits per heavy atom. The van der Waals surface area contributed by atoms with Crippen molar-refractivity contribution in [3.05, 3.63) is 64.3 Å². The van der Waals surface area contributed by atoms with E-state index in [2.05, 4.69) is 71.9 Å². The summed E-state index contributed by atoms with van der Waals surface area (Å²) in [7, 11) is 0. The minimum Gasteiger partial charge on any atom is -0.455 e. The van der Waals surface area contributed by atoms with E-state index in [-0.39, 0.29) is 5.41 Å². The van der Waals surface area contributed by atoms with Crippen molar-refractivity contribution in [2.45, 2.75) is 52.9 Å². The third-order valence-corrected chi connectivity index (χ3v) is 6.25. The zero-order chi connectivity index (χ0) is 19.1. The van der Waals surface area contributed by atoms with E-state index in [0.29, 0.717) is 5.92 Å². The van der Waals surface area contributed by atoms with E-state index in [1.165, 1.54) is 38.6 Å². The largest absolute Gasteiger partial charge is 0.455 e. The lowest BCUT2D eigenvalue weighted by Crippen LogP contribution is -2.20. The predicted octanol–water partition coefficient (Wildman–Crippen LogP) is 7.03. The Bertz CT molecular complexity index is 1240. The average molecular weight is 355 g/mol. The van der Waals surface area contributed by atoms with Crippen LogP contribution in [0.5, 0.6) is 0 Å². The van der Waals surface area contributed by atoms with E-state index in [1.54, 1.807) is 0 Å². The van der Waals surface area contributed by atoms with Gasteiger partial charge in [0.05, 0.1) is 11.1 Å². The van der Waals surface area contributed by atoms with Gasteiger partial charge in [-0.15, -0.1) is 0 Å². The first kappa shape index (κ1) is 16.6. The molecule has 2 heteroatoms. The summed E-state index contributed by atoms with van der Waals surface area (Å²) in [5.41, 5.74) is 10.5. The molecule has 5 rings (SSSR count). The zero-order valence-electron chi connectivity index (χ0n) is 16.9. The number of nitrogens with zero attached hydrogens (tertiary/aromatic N) is 1. The van der Waals surface area contributed by atoms with E-state index in [9.17, 15) is 0 Å². The molecular weight excluding hydrogens is 330 g/mol. The van der Waals surface area contributed by atoms with E-state index in [1.807, 2.05) is 6.20 Å². The van der Waals surface area contributed by atoms with Crippen molar-refractivity contribution in [2.24, 2.45) is 0 Å². The molecule has 0 saturated heterocycles. The van der Waals surface area contributed by atoms with Gasteiger partial charge in [0.15, 0.2) is 0 Å². The maximum absolute atomic E-state index is 6.52. The summed E-state index contributed by atoms with van der Waals surface area (Å²) in [6, 6.07) is 11.3. The third kappa shape index (κ3) is 2.04. The molecule has 136 valence electrons. The fraction of sp³-hybridized carbons (Fsp3) is 0.320. The highest BCUT2D eigenvalue weighted by Crippen LogP contribution is 2.50. The molecule has 0 amide bonds. The second-order valence-electron chi connectivity index (χ2n) is 8.83. The van der Waals surface area contributed by atoms with Gasteiger partial charge in [-0.3, -0.25) is 4.98 Å². The van der Waals surface area contributed by atoms with E-state index in [0.717, 1.165) is 22.4 Å². The summed E-state index contributed by atoms with van der Waals surface area (Å²) in [4.78, 5) is 4.90. The van der Waals surface area contributed by atoms with E-state index >= 15 is 0 Å². The van der Waals surface area contributed by atoms with Crippen LogP contribution in [0.2, 0.25) is 0 Å². The van der Waals surface area contributed by atoms with Gasteiger partial charge >= 0.3 is 0 Å². The van der Waals surface area contributed by atoms with Gasteiger partial charge in [-0.2, -0.15) is 0 Å². The number of furan rings is 1. The van der Waals surface area contributed by atoms with Crippen LogP contribution in [0, 0.1) is 13.8 Å². The second kappa shape index (κ2) is 5.22. The second-order valence-corrected chi connectivity index (χ2v) is 8.83. The van der Waals surface area contributed by atoms with Crippen molar-refractivity contribution in [3.63, 3.8) is 0 Å². The average Bonchev–Trinajstić information content (AvgIpc) is 2.99. The Balaban J connectivity index is 2.10. The van der Waals surface area contributed by atoms with Crippen LogP contribution in [0.1, 0.15) is 61.4 Å². The Hall–Kier alpha value is -2.61. The van der Waals surface area contributed by atoms with Gasteiger partial charge in [0, 0.05) is 28.1 Å². The van der Waals surface area contributed by atoms with Crippen molar-refractivity contribution in [1.82, 2.24) is 4.98 Å². The number of benzene rings is 2. The van der Waals surface area contributed by atoms with Crippen molar-refractivity contribution < 1.29 is 4.42 Å². The molecule has 0 aliphatic heterocycles. The molecule has 0 atom stereocenters. The van der Waals surface area contributed by atoms with Crippen LogP contribution in [0.15, 0.2) is 40.9 Å². The van der Waals surface area contributed by atoms with Crippen LogP contribution < -0.4 is 0 Å². The molecule has 0 radical (unpaired) electrons. The van der Waals surface area contributed by atoms with Gasteiger partial charge in [-0.1, -0.05) is 63.6 Å². The number of aryl methyl sites for hydroxylation is 2. The Kier molecular flexibility index (Phi) is 3.20. The van der Waals surface area contributed by atoms with Crippen molar-refractivity contribution in [2.75, 3.05) is 0 Å². The summed E-state index contributed by atoms with van der Waals surface area (Å²) in [5, 5.41) is 2.43. The van der Waals surface area contributed by atoms with Gasteiger partial charge in [0.2, 0.25) is 0 Å². The molecular formula is C25H25NO. The summed E-state index contributed by atoms with van der Waals surface area (Å²) in [6.45, 7) is 13.4. The first-order valence-electron chi connectivity index (χ1n) is 9.77. The number of fused-ring (bicyclic) bond motifs is 2. The van der Waals surface area contributed by atoms with Gasteiger partial charge in [-0.05, 0) is 36.5 Å². The van der Waals surface area contributed by atoms with E-state index < -0.39 is 0 Å². The summed E-state index contributed by atoms with van der Waals surface area (Å²) >= 11 is 0. The van der Waals surface area contributed by atoms with Crippen LogP contribution in [-0.2, 0) is 5.41 Å². The fourth-order valence-electron chi connectivity index (χ4n) is 4.72. The molecule has 0 spiro atoms. The monoisotopic (exact) mass is 355 g/mol. The van der Waals surface area contributed by atoms with Crippen LogP contribution in [0.3, 0.4) is 0 Å². The number of aromatic nitrogens is 1. The SMILES string of the molecule is Cc1ccc2c(c1)C(C)(C)c1ccc(C(C)C)c3oc4c(C)cnc-2c4c13. The molecule has 4 aromatic rings. The molecule has 2 heterocycles. The molecule has 0 N–H and O–H groups in total. The highest BCUT2D eigenvalue weighted by atomic mass is 16.3. The maximum Gasteiger partial charge on any atom is 0.142 e. The molecule has 1 aliphatic rings. The van der Waals surface area contributed by atoms with Gasteiger partial charge in [-0.25, -0.2) is 0 Å². The molecule has 2 nitrogen and oxygen atoms in total. The van der Waals surface area contributed by atoms with Crippen LogP contribution in [0.25, 0.3) is 33.2 Å². The molecule has 1 aliphatic carbocycles. The molecule has 0 fully saturated rings. The Labute approximate surface area is 160 Å². The third-order valence-electron chi connectivity index (χ3n) is 6.25. The number of pyridine rings is 1. The number of rotatable bonds is 1. The zero-order valence-corrected chi connectivity index (χ0v) is 16.9. The summed E-state index contributed by atoms with van der Waals surface area (Å²) in [6.07, 6.45) is 1.96. The molecule has 2 aromatic carbocycles.